The van der Waals surface area contributed by atoms with E-state index < -0.39 is 0 Å². The molecule has 0 rings (SSSR count). The van der Waals surface area contributed by atoms with Crippen LogP contribution in [-0.4, -0.2) is 74.9 Å². The summed E-state index contributed by atoms with van der Waals surface area (Å²) in [5.41, 5.74) is 0. The Hall–Kier alpha value is -0.160. The molecule has 0 bridgehead atoms. The van der Waals surface area contributed by atoms with Gasteiger partial charge >= 0.3 is 0 Å². The molecule has 4 heteroatoms. The van der Waals surface area contributed by atoms with Crippen LogP contribution in [0.2, 0.25) is 0 Å². The summed E-state index contributed by atoms with van der Waals surface area (Å²) in [5, 5.41) is 12.4. The van der Waals surface area contributed by atoms with Crippen molar-refractivity contribution in [1.29, 1.82) is 0 Å². The average molecular weight is 231 g/mol. The minimum absolute atomic E-state index is 0.267. The van der Waals surface area contributed by atoms with Crippen LogP contribution in [0.25, 0.3) is 0 Å². The molecule has 0 spiro atoms. The van der Waals surface area contributed by atoms with Crippen LogP contribution in [0.15, 0.2) is 0 Å². The first kappa shape index (κ1) is 15.8. The molecular formula is C12H29N3O. The Bertz CT molecular complexity index is 147. The van der Waals surface area contributed by atoms with E-state index in [9.17, 15) is 0 Å². The standard InChI is InChI=1S/C12H29N3O/c1-5-13-12(7-10-16)11-15(4)9-6-8-14(2)3/h12-13,16H,5-11H2,1-4H3. The lowest BCUT2D eigenvalue weighted by atomic mass is 10.2. The van der Waals surface area contributed by atoms with E-state index >= 15 is 0 Å². The Balaban J connectivity index is 3.67. The summed E-state index contributed by atoms with van der Waals surface area (Å²) in [4.78, 5) is 4.55. The van der Waals surface area contributed by atoms with E-state index in [0.717, 1.165) is 32.6 Å². The second-order valence-electron chi connectivity index (χ2n) is 4.69. The summed E-state index contributed by atoms with van der Waals surface area (Å²) in [6.07, 6.45) is 2.04. The lowest BCUT2D eigenvalue weighted by Gasteiger charge is -2.24. The van der Waals surface area contributed by atoms with Gasteiger partial charge in [-0.25, -0.2) is 0 Å². The second kappa shape index (κ2) is 10.0. The van der Waals surface area contributed by atoms with Gasteiger partial charge in [0, 0.05) is 19.2 Å². The molecule has 0 amide bonds. The maximum atomic E-state index is 8.96. The van der Waals surface area contributed by atoms with Gasteiger partial charge in [0.2, 0.25) is 0 Å². The molecule has 0 aromatic heterocycles. The van der Waals surface area contributed by atoms with Crippen LogP contribution in [0.5, 0.6) is 0 Å². The molecule has 0 radical (unpaired) electrons. The molecule has 98 valence electrons. The van der Waals surface area contributed by atoms with Crippen LogP contribution < -0.4 is 5.32 Å². The molecule has 1 unspecified atom stereocenters. The summed E-state index contributed by atoms with van der Waals surface area (Å²) in [7, 11) is 6.36. The summed E-state index contributed by atoms with van der Waals surface area (Å²) < 4.78 is 0. The van der Waals surface area contributed by atoms with Gasteiger partial charge in [0.25, 0.3) is 0 Å². The highest BCUT2D eigenvalue weighted by Gasteiger charge is 2.09. The molecule has 0 fully saturated rings. The molecule has 0 aliphatic heterocycles. The minimum atomic E-state index is 0.267. The van der Waals surface area contributed by atoms with Crippen LogP contribution in [0.3, 0.4) is 0 Å². The van der Waals surface area contributed by atoms with E-state index in [-0.39, 0.29) is 6.61 Å². The largest absolute Gasteiger partial charge is 0.396 e. The number of likely N-dealkylation sites (N-methyl/N-ethyl adjacent to an activating group) is 2. The number of aliphatic hydroxyl groups excluding tert-OH is 1. The van der Waals surface area contributed by atoms with Crippen molar-refractivity contribution in [2.24, 2.45) is 0 Å². The van der Waals surface area contributed by atoms with Crippen molar-refractivity contribution in [2.75, 3.05) is 53.9 Å². The molecule has 16 heavy (non-hydrogen) atoms. The molecule has 4 nitrogen and oxygen atoms in total. The zero-order valence-corrected chi connectivity index (χ0v) is 11.4. The van der Waals surface area contributed by atoms with Crippen molar-refractivity contribution in [3.05, 3.63) is 0 Å². The lowest BCUT2D eigenvalue weighted by Crippen LogP contribution is -2.40. The van der Waals surface area contributed by atoms with Gasteiger partial charge in [-0.3, -0.25) is 0 Å². The highest BCUT2D eigenvalue weighted by Crippen LogP contribution is 1.96. The highest BCUT2D eigenvalue weighted by molar-refractivity contribution is 4.69. The smallest absolute Gasteiger partial charge is 0.0446 e. The quantitative estimate of drug-likeness (QED) is 0.564. The van der Waals surface area contributed by atoms with E-state index in [0.29, 0.717) is 6.04 Å². The summed E-state index contributed by atoms with van der Waals surface area (Å²) in [5.74, 6) is 0. The first-order chi connectivity index (χ1) is 7.60. The van der Waals surface area contributed by atoms with E-state index in [1.165, 1.54) is 6.42 Å². The number of hydrogen-bond donors (Lipinski definition) is 2. The van der Waals surface area contributed by atoms with Crippen LogP contribution in [-0.2, 0) is 0 Å². The molecule has 1 atom stereocenters. The van der Waals surface area contributed by atoms with Gasteiger partial charge in [0.05, 0.1) is 0 Å². The SMILES string of the molecule is CCNC(CCO)CN(C)CCCN(C)C. The van der Waals surface area contributed by atoms with E-state index in [1.807, 2.05) is 0 Å². The maximum Gasteiger partial charge on any atom is 0.0446 e. The number of aliphatic hydroxyl groups is 1. The molecule has 0 saturated heterocycles. The summed E-state index contributed by atoms with van der Waals surface area (Å²) in [6, 6.07) is 0.416. The lowest BCUT2D eigenvalue weighted by molar-refractivity contribution is 0.225. The first-order valence-corrected chi connectivity index (χ1v) is 6.27. The Morgan fingerprint density at radius 1 is 1.19 bits per heavy atom. The van der Waals surface area contributed by atoms with Crippen molar-refractivity contribution in [3.8, 4) is 0 Å². The topological polar surface area (TPSA) is 38.7 Å². The average Bonchev–Trinajstić information content (AvgIpc) is 2.17. The van der Waals surface area contributed by atoms with Gasteiger partial charge < -0.3 is 20.2 Å². The monoisotopic (exact) mass is 231 g/mol. The number of nitrogens with zero attached hydrogens (tertiary/aromatic N) is 2. The van der Waals surface area contributed by atoms with E-state index in [1.54, 1.807) is 0 Å². The van der Waals surface area contributed by atoms with Gasteiger partial charge in [-0.2, -0.15) is 0 Å². The Morgan fingerprint density at radius 2 is 1.88 bits per heavy atom. The third-order valence-corrected chi connectivity index (χ3v) is 2.65. The van der Waals surface area contributed by atoms with Gasteiger partial charge in [0.15, 0.2) is 0 Å². The normalized spacial score (nSPS) is 13.7. The van der Waals surface area contributed by atoms with Crippen LogP contribution in [0.1, 0.15) is 19.8 Å². The molecule has 0 saturated carbocycles. The molecular weight excluding hydrogens is 202 g/mol. The van der Waals surface area contributed by atoms with E-state index in [4.69, 9.17) is 5.11 Å². The Labute approximate surface area is 101 Å². The number of hydrogen-bond acceptors (Lipinski definition) is 4. The molecule has 0 aliphatic rings. The fraction of sp³-hybridized carbons (Fsp3) is 1.00. The molecule has 0 aromatic carbocycles. The fourth-order valence-electron chi connectivity index (χ4n) is 1.83. The summed E-state index contributed by atoms with van der Waals surface area (Å²) >= 11 is 0. The Morgan fingerprint density at radius 3 is 2.38 bits per heavy atom. The Kier molecular flexibility index (Phi) is 9.92. The predicted molar refractivity (Wildman–Crippen MR) is 69.8 cm³/mol. The maximum absolute atomic E-state index is 8.96. The van der Waals surface area contributed by atoms with Gasteiger partial charge in [-0.15, -0.1) is 0 Å². The second-order valence-corrected chi connectivity index (χ2v) is 4.69. The zero-order chi connectivity index (χ0) is 12.4. The highest BCUT2D eigenvalue weighted by atomic mass is 16.3. The zero-order valence-electron chi connectivity index (χ0n) is 11.4. The fourth-order valence-corrected chi connectivity index (χ4v) is 1.83. The van der Waals surface area contributed by atoms with Crippen molar-refractivity contribution >= 4 is 0 Å². The summed E-state index contributed by atoms with van der Waals surface area (Å²) in [6.45, 7) is 6.61. The van der Waals surface area contributed by atoms with Gasteiger partial charge in [-0.05, 0) is 53.6 Å². The van der Waals surface area contributed by atoms with Crippen molar-refractivity contribution < 1.29 is 5.11 Å². The van der Waals surface area contributed by atoms with Gasteiger partial charge in [-0.1, -0.05) is 6.92 Å². The number of rotatable bonds is 10. The number of nitrogens with one attached hydrogen (secondary N) is 1. The molecule has 2 N–H and O–H groups in total. The molecule has 0 aliphatic carbocycles. The molecule has 0 aromatic rings. The van der Waals surface area contributed by atoms with E-state index in [2.05, 4.69) is 43.2 Å². The third-order valence-electron chi connectivity index (χ3n) is 2.65. The third kappa shape index (κ3) is 9.09. The van der Waals surface area contributed by atoms with Gasteiger partial charge in [0.1, 0.15) is 0 Å². The minimum Gasteiger partial charge on any atom is -0.396 e. The van der Waals surface area contributed by atoms with Crippen molar-refractivity contribution in [3.63, 3.8) is 0 Å². The van der Waals surface area contributed by atoms with Crippen LogP contribution in [0, 0.1) is 0 Å². The van der Waals surface area contributed by atoms with Crippen LogP contribution >= 0.6 is 0 Å². The predicted octanol–water partition coefficient (Wildman–Crippen LogP) is 0.230. The molecule has 0 heterocycles. The van der Waals surface area contributed by atoms with Crippen molar-refractivity contribution in [1.82, 2.24) is 15.1 Å². The van der Waals surface area contributed by atoms with Crippen molar-refractivity contribution in [2.45, 2.75) is 25.8 Å². The van der Waals surface area contributed by atoms with Crippen LogP contribution in [0.4, 0.5) is 0 Å². The first-order valence-electron chi connectivity index (χ1n) is 6.27.